The molecule has 0 N–H and O–H groups in total. The Morgan fingerprint density at radius 2 is 2.00 bits per heavy atom. The number of carbonyl (C=O) groups is 1. The average Bonchev–Trinajstić information content (AvgIpc) is 2.28. The third-order valence-corrected chi connectivity index (χ3v) is 1.76. The van der Waals surface area contributed by atoms with Crippen LogP contribution in [0.3, 0.4) is 0 Å². The van der Waals surface area contributed by atoms with Crippen LogP contribution in [0.15, 0.2) is 18.2 Å². The lowest BCUT2D eigenvalue weighted by atomic mass is 10.2. The third-order valence-electron chi connectivity index (χ3n) is 1.76. The molecule has 0 fully saturated rings. The van der Waals surface area contributed by atoms with Crippen molar-refractivity contribution >= 4 is 12.4 Å². The number of hydrogen-bond donors (Lipinski definition) is 0. The van der Waals surface area contributed by atoms with Gasteiger partial charge in [0.2, 0.25) is 0 Å². The second-order valence-corrected chi connectivity index (χ2v) is 2.54. The zero-order valence-electron chi connectivity index (χ0n) is 8.27. The van der Waals surface area contributed by atoms with E-state index in [-0.39, 0.29) is 11.3 Å². The number of hydrogen-bond acceptors (Lipinski definition) is 5. The zero-order valence-corrected chi connectivity index (χ0v) is 8.27. The van der Waals surface area contributed by atoms with E-state index in [1.165, 1.54) is 26.4 Å². The normalized spacial score (nSPS) is 9.20. The Bertz CT molecular complexity index is 372. The molecule has 0 unspecified atom stereocenters. The van der Waals surface area contributed by atoms with Crippen LogP contribution in [0.1, 0.15) is 10.4 Å². The molecule has 15 heavy (non-hydrogen) atoms. The first-order valence-corrected chi connectivity index (χ1v) is 4.03. The summed E-state index contributed by atoms with van der Waals surface area (Å²) >= 11 is 0. The molecule has 0 bridgehead atoms. The minimum atomic E-state index is -0.815. The highest BCUT2D eigenvalue weighted by Gasteiger charge is 2.14. The van der Waals surface area contributed by atoms with Gasteiger partial charge in [0.25, 0.3) is 0 Å². The lowest BCUT2D eigenvalue weighted by Gasteiger charge is -2.07. The van der Waals surface area contributed by atoms with Crippen LogP contribution >= 0.6 is 0 Å². The fourth-order valence-electron chi connectivity index (χ4n) is 1.06. The summed E-state index contributed by atoms with van der Waals surface area (Å²) in [4.78, 5) is 21.1. The minimum Gasteiger partial charge on any atom is -0.497 e. The summed E-state index contributed by atoms with van der Waals surface area (Å²) < 4.78 is 14.0. The Hall–Kier alpha value is -2.04. The molecule has 0 atom stereocenters. The van der Waals surface area contributed by atoms with Crippen LogP contribution in [0.25, 0.3) is 0 Å². The van der Waals surface area contributed by atoms with E-state index in [0.717, 1.165) is 6.47 Å². The van der Waals surface area contributed by atoms with Crippen LogP contribution in [0.4, 0.5) is 0 Å². The van der Waals surface area contributed by atoms with Gasteiger partial charge in [0.15, 0.2) is 0 Å². The topological polar surface area (TPSA) is 61.8 Å². The molecule has 5 heteroatoms. The highest BCUT2D eigenvalue weighted by Crippen LogP contribution is 2.24. The Morgan fingerprint density at radius 1 is 1.27 bits per heavy atom. The first-order valence-electron chi connectivity index (χ1n) is 4.03. The molecule has 79 valence electrons. The summed E-state index contributed by atoms with van der Waals surface area (Å²) in [6.07, 6.45) is 0. The van der Waals surface area contributed by atoms with Gasteiger partial charge in [-0.2, -0.15) is 0 Å². The summed E-state index contributed by atoms with van der Waals surface area (Å²) in [6.45, 7) is 1.06. The maximum absolute atomic E-state index is 11.2. The lowest BCUT2D eigenvalue weighted by Crippen LogP contribution is -2.05. The average molecular weight is 209 g/mol. The fourth-order valence-corrected chi connectivity index (χ4v) is 1.06. The van der Waals surface area contributed by atoms with Gasteiger partial charge in [0.05, 0.1) is 14.2 Å². The molecule has 0 aromatic heterocycles. The van der Waals surface area contributed by atoms with E-state index in [1.54, 1.807) is 6.07 Å². The largest absolute Gasteiger partial charge is 0.497 e. The van der Waals surface area contributed by atoms with Gasteiger partial charge in [-0.3, -0.25) is 0 Å². The number of esters is 1. The van der Waals surface area contributed by atoms with Crippen molar-refractivity contribution in [1.29, 1.82) is 0 Å². The van der Waals surface area contributed by atoms with Crippen LogP contribution in [0.2, 0.25) is 0 Å². The van der Waals surface area contributed by atoms with E-state index < -0.39 is 5.97 Å². The SMILES string of the molecule is COc1ccc(C(=O)O[C]=O)c(OC)c1. The maximum atomic E-state index is 11.2. The van der Waals surface area contributed by atoms with Gasteiger partial charge < -0.3 is 14.2 Å². The summed E-state index contributed by atoms with van der Waals surface area (Å²) in [5.74, 6) is -0.00224. The highest BCUT2D eigenvalue weighted by atomic mass is 16.6. The molecule has 5 nitrogen and oxygen atoms in total. The summed E-state index contributed by atoms with van der Waals surface area (Å²) in [5.41, 5.74) is 0.140. The monoisotopic (exact) mass is 209 g/mol. The molecule has 0 aliphatic rings. The number of benzene rings is 1. The van der Waals surface area contributed by atoms with Crippen LogP contribution in [0.5, 0.6) is 11.5 Å². The second kappa shape index (κ2) is 4.99. The van der Waals surface area contributed by atoms with Crippen LogP contribution in [-0.4, -0.2) is 26.7 Å². The Labute approximate surface area is 86.6 Å². The highest BCUT2D eigenvalue weighted by molar-refractivity contribution is 5.95. The maximum Gasteiger partial charge on any atom is 0.425 e. The van der Waals surface area contributed by atoms with Gasteiger partial charge in [-0.05, 0) is 12.1 Å². The molecule has 0 aliphatic carbocycles. The van der Waals surface area contributed by atoms with Crippen LogP contribution in [-0.2, 0) is 9.53 Å². The smallest absolute Gasteiger partial charge is 0.425 e. The molecule has 0 aliphatic heterocycles. The fraction of sp³-hybridized carbons (Fsp3) is 0.200. The molecule has 0 spiro atoms. The number of ether oxygens (including phenoxy) is 3. The summed E-state index contributed by atoms with van der Waals surface area (Å²) in [5, 5.41) is 0. The van der Waals surface area contributed by atoms with Crippen molar-refractivity contribution in [3.63, 3.8) is 0 Å². The van der Waals surface area contributed by atoms with E-state index >= 15 is 0 Å². The van der Waals surface area contributed by atoms with E-state index in [2.05, 4.69) is 4.74 Å². The zero-order chi connectivity index (χ0) is 11.3. The van der Waals surface area contributed by atoms with Gasteiger partial charge in [0, 0.05) is 6.07 Å². The number of carbonyl (C=O) groups excluding carboxylic acids is 2. The van der Waals surface area contributed by atoms with Gasteiger partial charge in [-0.25, -0.2) is 9.59 Å². The second-order valence-electron chi connectivity index (χ2n) is 2.54. The first-order chi connectivity index (χ1) is 7.22. The van der Waals surface area contributed by atoms with E-state index in [9.17, 15) is 9.59 Å². The van der Waals surface area contributed by atoms with E-state index in [4.69, 9.17) is 9.47 Å². The van der Waals surface area contributed by atoms with Crippen molar-refractivity contribution in [2.45, 2.75) is 0 Å². The summed E-state index contributed by atoms with van der Waals surface area (Å²) in [7, 11) is 2.89. The van der Waals surface area contributed by atoms with Gasteiger partial charge >= 0.3 is 12.4 Å². The van der Waals surface area contributed by atoms with E-state index in [0.29, 0.717) is 5.75 Å². The third kappa shape index (κ3) is 2.46. The molecule has 0 heterocycles. The quantitative estimate of drug-likeness (QED) is 0.545. The molecular weight excluding hydrogens is 200 g/mol. The van der Waals surface area contributed by atoms with Crippen molar-refractivity contribution < 1.29 is 23.8 Å². The Morgan fingerprint density at radius 3 is 2.53 bits per heavy atom. The van der Waals surface area contributed by atoms with Gasteiger partial charge in [-0.1, -0.05) is 0 Å². The molecule has 0 saturated carbocycles. The Kier molecular flexibility index (Phi) is 3.68. The molecular formula is C10H9O5. The molecule has 1 aromatic rings. The van der Waals surface area contributed by atoms with Crippen LogP contribution < -0.4 is 9.47 Å². The first kappa shape index (κ1) is 11.0. The summed E-state index contributed by atoms with van der Waals surface area (Å²) in [6, 6.07) is 4.52. The van der Waals surface area contributed by atoms with Crippen LogP contribution in [0, 0.1) is 0 Å². The molecule has 0 saturated heterocycles. The molecule has 1 aromatic carbocycles. The van der Waals surface area contributed by atoms with Gasteiger partial charge in [0.1, 0.15) is 17.1 Å². The van der Waals surface area contributed by atoms with Crippen molar-refractivity contribution in [3.05, 3.63) is 23.8 Å². The van der Waals surface area contributed by atoms with Gasteiger partial charge in [-0.15, -0.1) is 0 Å². The Balaban J connectivity index is 3.06. The molecule has 1 radical (unpaired) electrons. The number of rotatable bonds is 4. The van der Waals surface area contributed by atoms with Crippen molar-refractivity contribution in [2.24, 2.45) is 0 Å². The van der Waals surface area contributed by atoms with E-state index in [1.807, 2.05) is 0 Å². The molecule has 1 rings (SSSR count). The van der Waals surface area contributed by atoms with Crippen molar-refractivity contribution in [2.75, 3.05) is 14.2 Å². The van der Waals surface area contributed by atoms with Crippen molar-refractivity contribution in [3.8, 4) is 11.5 Å². The van der Waals surface area contributed by atoms with Crippen molar-refractivity contribution in [1.82, 2.24) is 0 Å². The number of methoxy groups -OCH3 is 2. The predicted molar refractivity (Wildman–Crippen MR) is 50.7 cm³/mol. The molecule has 0 amide bonds. The lowest BCUT2D eigenvalue weighted by molar-refractivity contribution is 0.0707. The minimum absolute atomic E-state index is 0.140. The predicted octanol–water partition coefficient (Wildman–Crippen LogP) is 0.928. The standard InChI is InChI=1S/C10H9O5/c1-13-7-3-4-8(9(5-7)14-2)10(12)15-6-11/h3-5H,1-2H3.